The Labute approximate surface area is 366 Å². The highest BCUT2D eigenvalue weighted by Crippen LogP contribution is 2.39. The van der Waals surface area contributed by atoms with Crippen LogP contribution >= 0.6 is 0 Å². The van der Waals surface area contributed by atoms with E-state index < -0.39 is 23.9 Å². The molecule has 0 unspecified atom stereocenters. The quantitative estimate of drug-likeness (QED) is 0.100. The van der Waals surface area contributed by atoms with Crippen LogP contribution in [-0.4, -0.2) is 72.3 Å². The standard InChI is InChI=1S/C52H38N4O8/c1-61-49(57)35-17-5-29(6-18-35)39-25-26-40(30-7-19-36(20-8-30)50(58)62-2)44-43(39)53-47(54-44)33-13-15-34(16-14-33)48-55-45-41(31-9-21-37(22-10-31)51(59)63-3)27-28-42(46(45)56-48)32-11-23-38(24-12-32)52(60)64-4/h5-28H,1-4H3,(H,53,54)(H,55,56). The fraction of sp³-hybridized carbons (Fsp3) is 0.0769. The van der Waals surface area contributed by atoms with Crippen molar-refractivity contribution >= 4 is 45.9 Å². The molecule has 0 aliphatic rings. The molecule has 2 heterocycles. The molecule has 9 aromatic rings. The molecule has 0 spiro atoms. The zero-order valence-electron chi connectivity index (χ0n) is 35.0. The number of carbonyl (C=O) groups excluding carboxylic acids is 4. The van der Waals surface area contributed by atoms with Gasteiger partial charge < -0.3 is 28.9 Å². The van der Waals surface area contributed by atoms with Gasteiger partial charge in [0.15, 0.2) is 0 Å². The van der Waals surface area contributed by atoms with E-state index in [2.05, 4.69) is 9.97 Å². The second-order valence-corrected chi connectivity index (χ2v) is 14.8. The number of benzene rings is 7. The molecule has 0 aliphatic carbocycles. The molecular weight excluding hydrogens is 809 g/mol. The molecule has 0 radical (unpaired) electrons. The molecule has 9 rings (SSSR count). The molecule has 12 nitrogen and oxygen atoms in total. The van der Waals surface area contributed by atoms with Crippen molar-refractivity contribution in [2.24, 2.45) is 0 Å². The Morgan fingerprint density at radius 1 is 0.328 bits per heavy atom. The Morgan fingerprint density at radius 2 is 0.562 bits per heavy atom. The number of esters is 4. The molecule has 2 aromatic heterocycles. The van der Waals surface area contributed by atoms with E-state index in [1.54, 1.807) is 48.5 Å². The number of fused-ring (bicyclic) bond motifs is 2. The third-order valence-corrected chi connectivity index (χ3v) is 11.2. The Morgan fingerprint density at radius 3 is 0.828 bits per heavy atom. The smallest absolute Gasteiger partial charge is 0.337 e. The summed E-state index contributed by atoms with van der Waals surface area (Å²) in [5.74, 6) is -0.418. The number of methoxy groups -OCH3 is 4. The maximum atomic E-state index is 12.2. The average molecular weight is 847 g/mol. The lowest BCUT2D eigenvalue weighted by Gasteiger charge is -2.09. The maximum Gasteiger partial charge on any atom is 0.337 e. The first-order valence-corrected chi connectivity index (χ1v) is 20.1. The van der Waals surface area contributed by atoms with Crippen LogP contribution in [0.2, 0.25) is 0 Å². The van der Waals surface area contributed by atoms with Crippen molar-refractivity contribution in [3.63, 3.8) is 0 Å². The van der Waals surface area contributed by atoms with Gasteiger partial charge in [0, 0.05) is 33.4 Å². The van der Waals surface area contributed by atoms with Crippen LogP contribution in [0.3, 0.4) is 0 Å². The molecule has 314 valence electrons. The minimum absolute atomic E-state index is 0.420. The van der Waals surface area contributed by atoms with Gasteiger partial charge in [-0.1, -0.05) is 97.1 Å². The van der Waals surface area contributed by atoms with Crippen molar-refractivity contribution in [1.29, 1.82) is 0 Å². The number of H-pyrrole nitrogens is 2. The van der Waals surface area contributed by atoms with Gasteiger partial charge in [-0.3, -0.25) is 0 Å². The zero-order chi connectivity index (χ0) is 44.5. The molecule has 0 saturated carbocycles. The Hall–Kier alpha value is -8.64. The number of carbonyl (C=O) groups is 4. The van der Waals surface area contributed by atoms with E-state index in [-0.39, 0.29) is 0 Å². The van der Waals surface area contributed by atoms with Crippen LogP contribution in [-0.2, 0) is 18.9 Å². The van der Waals surface area contributed by atoms with Gasteiger partial charge in [-0.05, 0) is 70.8 Å². The van der Waals surface area contributed by atoms with Gasteiger partial charge in [0.1, 0.15) is 11.6 Å². The summed E-state index contributed by atoms with van der Waals surface area (Å²) in [5.41, 5.74) is 13.4. The molecule has 64 heavy (non-hydrogen) atoms. The van der Waals surface area contributed by atoms with E-state index >= 15 is 0 Å². The average Bonchev–Trinajstić information content (AvgIpc) is 4.02. The van der Waals surface area contributed by atoms with Crippen LogP contribution in [0.1, 0.15) is 41.4 Å². The fourth-order valence-electron chi connectivity index (χ4n) is 7.81. The summed E-state index contributed by atoms with van der Waals surface area (Å²) in [7, 11) is 5.41. The number of nitrogens with one attached hydrogen (secondary N) is 2. The van der Waals surface area contributed by atoms with Gasteiger partial charge in [0.2, 0.25) is 0 Å². The molecular formula is C52H38N4O8. The summed E-state index contributed by atoms with van der Waals surface area (Å²) in [5, 5.41) is 0. The second-order valence-electron chi connectivity index (χ2n) is 14.8. The van der Waals surface area contributed by atoms with E-state index in [1.807, 2.05) is 97.1 Å². The van der Waals surface area contributed by atoms with Crippen LogP contribution in [0, 0.1) is 0 Å². The van der Waals surface area contributed by atoms with E-state index in [1.165, 1.54) is 28.4 Å². The highest BCUT2D eigenvalue weighted by molar-refractivity contribution is 6.04. The number of aromatic amines is 2. The summed E-state index contributed by atoms with van der Waals surface area (Å²) in [6.07, 6.45) is 0. The first-order chi connectivity index (χ1) is 31.2. The number of hydrogen-bond acceptors (Lipinski definition) is 10. The number of hydrogen-bond donors (Lipinski definition) is 2. The minimum atomic E-state index is -0.421. The van der Waals surface area contributed by atoms with Crippen LogP contribution in [0.25, 0.3) is 89.4 Å². The SMILES string of the molecule is COC(=O)c1ccc(-c2ccc(-c3ccc(C(=O)OC)cc3)c3[nH]c(-c4ccc(-c5nc6c(-c7ccc(C(=O)OC)cc7)ccc(-c7ccc(C(=O)OC)cc7)c6[nH]5)cc4)nc23)cc1. The molecule has 0 saturated heterocycles. The fourth-order valence-corrected chi connectivity index (χ4v) is 7.81. The topological polar surface area (TPSA) is 163 Å². The van der Waals surface area contributed by atoms with Crippen LogP contribution < -0.4 is 0 Å². The van der Waals surface area contributed by atoms with Crippen molar-refractivity contribution in [1.82, 2.24) is 19.9 Å². The van der Waals surface area contributed by atoms with Crippen molar-refractivity contribution in [2.75, 3.05) is 28.4 Å². The number of nitrogens with zero attached hydrogens (tertiary/aromatic N) is 2. The number of ether oxygens (including phenoxy) is 4. The maximum absolute atomic E-state index is 12.2. The number of aromatic nitrogens is 4. The number of rotatable bonds is 10. The molecule has 0 fully saturated rings. The van der Waals surface area contributed by atoms with Gasteiger partial charge >= 0.3 is 23.9 Å². The summed E-state index contributed by atoms with van der Waals surface area (Å²) in [6, 6.07) is 44.7. The Kier molecular flexibility index (Phi) is 10.8. The van der Waals surface area contributed by atoms with Crippen molar-refractivity contribution < 1.29 is 38.1 Å². The Bertz CT molecular complexity index is 2830. The monoisotopic (exact) mass is 846 g/mol. The lowest BCUT2D eigenvalue weighted by atomic mass is 9.97. The summed E-state index contributed by atoms with van der Waals surface area (Å²) >= 11 is 0. The third kappa shape index (κ3) is 7.53. The van der Waals surface area contributed by atoms with E-state index in [9.17, 15) is 19.2 Å². The van der Waals surface area contributed by atoms with Crippen LogP contribution in [0.4, 0.5) is 0 Å². The molecule has 0 atom stereocenters. The normalized spacial score (nSPS) is 11.1. The molecule has 0 bridgehead atoms. The summed E-state index contributed by atoms with van der Waals surface area (Å²) in [4.78, 5) is 66.3. The van der Waals surface area contributed by atoms with E-state index in [0.717, 1.165) is 77.7 Å². The van der Waals surface area contributed by atoms with Crippen molar-refractivity contribution in [3.05, 3.63) is 168 Å². The summed E-state index contributed by atoms with van der Waals surface area (Å²) < 4.78 is 19.6. The van der Waals surface area contributed by atoms with Gasteiger partial charge in [-0.15, -0.1) is 0 Å². The highest BCUT2D eigenvalue weighted by atomic mass is 16.5. The second kappa shape index (κ2) is 17.0. The number of imidazole rings is 2. The van der Waals surface area contributed by atoms with Crippen LogP contribution in [0.5, 0.6) is 0 Å². The molecule has 7 aromatic carbocycles. The predicted molar refractivity (Wildman–Crippen MR) is 244 cm³/mol. The molecule has 0 amide bonds. The third-order valence-electron chi connectivity index (χ3n) is 11.2. The van der Waals surface area contributed by atoms with E-state index in [0.29, 0.717) is 33.9 Å². The molecule has 12 heteroatoms. The largest absolute Gasteiger partial charge is 0.465 e. The van der Waals surface area contributed by atoms with Crippen LogP contribution in [0.15, 0.2) is 146 Å². The Balaban J connectivity index is 1.12. The van der Waals surface area contributed by atoms with E-state index in [4.69, 9.17) is 28.9 Å². The van der Waals surface area contributed by atoms with Crippen molar-refractivity contribution in [2.45, 2.75) is 0 Å². The summed E-state index contributed by atoms with van der Waals surface area (Å²) in [6.45, 7) is 0. The van der Waals surface area contributed by atoms with Gasteiger partial charge in [-0.2, -0.15) is 0 Å². The lowest BCUT2D eigenvalue weighted by molar-refractivity contribution is 0.0592. The zero-order valence-corrected chi connectivity index (χ0v) is 35.0. The predicted octanol–water partition coefficient (Wildman–Crippen LogP) is 10.6. The van der Waals surface area contributed by atoms with Gasteiger partial charge in [0.25, 0.3) is 0 Å². The van der Waals surface area contributed by atoms with Gasteiger partial charge in [-0.25, -0.2) is 29.1 Å². The first-order valence-electron chi connectivity index (χ1n) is 20.1. The first kappa shape index (κ1) is 40.7. The molecule has 0 aliphatic heterocycles. The molecule has 2 N–H and O–H groups in total. The highest BCUT2D eigenvalue weighted by Gasteiger charge is 2.20. The van der Waals surface area contributed by atoms with Crippen molar-refractivity contribution in [3.8, 4) is 67.3 Å². The van der Waals surface area contributed by atoms with Gasteiger partial charge in [0.05, 0.1) is 72.8 Å². The lowest BCUT2D eigenvalue weighted by Crippen LogP contribution is -2.00. The minimum Gasteiger partial charge on any atom is -0.465 e.